The molecule has 1 atom stereocenters. The van der Waals surface area contributed by atoms with Gasteiger partial charge in [-0.05, 0) is 61.1 Å². The Kier molecular flexibility index (Phi) is 5.24. The molecule has 2 N–H and O–H groups in total. The van der Waals surface area contributed by atoms with Crippen LogP contribution < -0.4 is 5.73 Å². The second-order valence-corrected chi connectivity index (χ2v) is 7.10. The van der Waals surface area contributed by atoms with Crippen molar-refractivity contribution in [3.63, 3.8) is 0 Å². The van der Waals surface area contributed by atoms with Gasteiger partial charge in [0.15, 0.2) is 0 Å². The molecule has 1 heterocycles. The lowest BCUT2D eigenvalue weighted by molar-refractivity contribution is 0.116. The van der Waals surface area contributed by atoms with Crippen LogP contribution in [0.4, 0.5) is 0 Å². The van der Waals surface area contributed by atoms with Crippen LogP contribution in [-0.4, -0.2) is 23.5 Å². The molecular formula is C14H23BrN2S. The van der Waals surface area contributed by atoms with Gasteiger partial charge in [-0.2, -0.15) is 0 Å². The fraction of sp³-hybridized carbons (Fsp3) is 0.714. The molecule has 1 aromatic heterocycles. The minimum atomic E-state index is 0.436. The number of rotatable bonds is 4. The molecule has 0 spiro atoms. The average molecular weight is 331 g/mol. The molecule has 1 unspecified atom stereocenters. The van der Waals surface area contributed by atoms with Crippen molar-refractivity contribution in [2.45, 2.75) is 57.7 Å². The van der Waals surface area contributed by atoms with Crippen LogP contribution in [0.5, 0.6) is 0 Å². The van der Waals surface area contributed by atoms with Crippen LogP contribution in [-0.2, 0) is 0 Å². The maximum Gasteiger partial charge on any atom is 0.0416 e. The van der Waals surface area contributed by atoms with Gasteiger partial charge in [0, 0.05) is 32.9 Å². The topological polar surface area (TPSA) is 29.3 Å². The molecule has 0 aromatic carbocycles. The Morgan fingerprint density at radius 2 is 2.11 bits per heavy atom. The minimum absolute atomic E-state index is 0.436. The van der Waals surface area contributed by atoms with Crippen molar-refractivity contribution in [1.82, 2.24) is 4.90 Å². The first-order valence-electron chi connectivity index (χ1n) is 6.87. The number of nitrogens with two attached hydrogens (primary N) is 1. The Bertz CT molecular complexity index is 372. The number of nitrogens with zero attached hydrogens (tertiary/aromatic N) is 1. The van der Waals surface area contributed by atoms with Crippen molar-refractivity contribution in [2.75, 3.05) is 6.54 Å². The highest BCUT2D eigenvalue weighted by Gasteiger charge is 2.27. The van der Waals surface area contributed by atoms with Gasteiger partial charge in [0.1, 0.15) is 0 Å². The lowest BCUT2D eigenvalue weighted by Crippen LogP contribution is -2.41. The maximum atomic E-state index is 6.01. The molecule has 102 valence electrons. The lowest BCUT2D eigenvalue weighted by atomic mass is 9.90. The van der Waals surface area contributed by atoms with E-state index in [-0.39, 0.29) is 0 Å². The second kappa shape index (κ2) is 6.51. The molecule has 1 aliphatic carbocycles. The van der Waals surface area contributed by atoms with Gasteiger partial charge < -0.3 is 5.73 Å². The fourth-order valence-electron chi connectivity index (χ4n) is 2.99. The zero-order valence-corrected chi connectivity index (χ0v) is 13.6. The van der Waals surface area contributed by atoms with Crippen molar-refractivity contribution in [3.05, 3.63) is 20.8 Å². The van der Waals surface area contributed by atoms with Crippen molar-refractivity contribution in [1.29, 1.82) is 0 Å². The van der Waals surface area contributed by atoms with Crippen LogP contribution in [0.25, 0.3) is 0 Å². The SMILES string of the molecule is CCN(C1CCC(N)CC1)C(C)c1cc(Br)cs1. The number of thiophene rings is 1. The van der Waals surface area contributed by atoms with E-state index >= 15 is 0 Å². The predicted molar refractivity (Wildman–Crippen MR) is 83.0 cm³/mol. The van der Waals surface area contributed by atoms with Gasteiger partial charge in [-0.15, -0.1) is 11.3 Å². The van der Waals surface area contributed by atoms with E-state index < -0.39 is 0 Å². The van der Waals surface area contributed by atoms with Gasteiger partial charge >= 0.3 is 0 Å². The summed E-state index contributed by atoms with van der Waals surface area (Å²) in [6, 6.07) is 3.93. The van der Waals surface area contributed by atoms with Crippen LogP contribution >= 0.6 is 27.3 Å². The van der Waals surface area contributed by atoms with Crippen LogP contribution in [0.15, 0.2) is 15.9 Å². The van der Waals surface area contributed by atoms with Crippen molar-refractivity contribution < 1.29 is 0 Å². The molecule has 2 nitrogen and oxygen atoms in total. The Morgan fingerprint density at radius 1 is 1.44 bits per heavy atom. The summed E-state index contributed by atoms with van der Waals surface area (Å²) < 4.78 is 1.20. The zero-order chi connectivity index (χ0) is 13.1. The summed E-state index contributed by atoms with van der Waals surface area (Å²) in [5.74, 6) is 0. The Labute approximate surface area is 123 Å². The minimum Gasteiger partial charge on any atom is -0.328 e. The van der Waals surface area contributed by atoms with Crippen molar-refractivity contribution >= 4 is 27.3 Å². The van der Waals surface area contributed by atoms with E-state index in [2.05, 4.69) is 46.1 Å². The highest BCUT2D eigenvalue weighted by molar-refractivity contribution is 9.10. The van der Waals surface area contributed by atoms with Gasteiger partial charge in [-0.25, -0.2) is 0 Å². The largest absolute Gasteiger partial charge is 0.328 e. The van der Waals surface area contributed by atoms with E-state index in [0.717, 1.165) is 6.54 Å². The Balaban J connectivity index is 2.03. The number of hydrogen-bond donors (Lipinski definition) is 1. The summed E-state index contributed by atoms with van der Waals surface area (Å²) in [6.07, 6.45) is 4.88. The number of hydrogen-bond acceptors (Lipinski definition) is 3. The quantitative estimate of drug-likeness (QED) is 0.897. The Hall–Kier alpha value is 0.1000. The van der Waals surface area contributed by atoms with E-state index in [1.54, 1.807) is 0 Å². The molecule has 1 aromatic rings. The third-order valence-corrected chi connectivity index (χ3v) is 5.94. The smallest absolute Gasteiger partial charge is 0.0416 e. The third-order valence-electron chi connectivity index (χ3n) is 4.07. The van der Waals surface area contributed by atoms with E-state index in [0.29, 0.717) is 18.1 Å². The monoisotopic (exact) mass is 330 g/mol. The van der Waals surface area contributed by atoms with E-state index in [4.69, 9.17) is 5.73 Å². The molecule has 1 fully saturated rings. The molecule has 2 rings (SSSR count). The van der Waals surface area contributed by atoms with Crippen LogP contribution in [0, 0.1) is 0 Å². The first-order chi connectivity index (χ1) is 8.61. The molecule has 0 bridgehead atoms. The van der Waals surface area contributed by atoms with Gasteiger partial charge in [0.2, 0.25) is 0 Å². The normalized spacial score (nSPS) is 26.5. The summed E-state index contributed by atoms with van der Waals surface area (Å²) in [7, 11) is 0. The molecule has 0 amide bonds. The number of halogens is 1. The molecule has 0 radical (unpaired) electrons. The summed E-state index contributed by atoms with van der Waals surface area (Å²) in [5, 5.41) is 2.18. The molecule has 1 saturated carbocycles. The summed E-state index contributed by atoms with van der Waals surface area (Å²) in [6.45, 7) is 5.72. The third kappa shape index (κ3) is 3.35. The lowest BCUT2D eigenvalue weighted by Gasteiger charge is -2.38. The first kappa shape index (κ1) is 14.5. The van der Waals surface area contributed by atoms with E-state index in [1.165, 1.54) is 35.0 Å². The fourth-order valence-corrected chi connectivity index (χ4v) is 4.51. The Morgan fingerprint density at radius 3 is 2.61 bits per heavy atom. The maximum absolute atomic E-state index is 6.01. The molecule has 18 heavy (non-hydrogen) atoms. The van der Waals surface area contributed by atoms with Gasteiger partial charge in [-0.3, -0.25) is 4.90 Å². The van der Waals surface area contributed by atoms with Crippen LogP contribution in [0.2, 0.25) is 0 Å². The average Bonchev–Trinajstić information content (AvgIpc) is 2.79. The van der Waals surface area contributed by atoms with E-state index in [1.807, 2.05) is 11.3 Å². The van der Waals surface area contributed by atoms with Crippen LogP contribution in [0.3, 0.4) is 0 Å². The van der Waals surface area contributed by atoms with Crippen LogP contribution in [0.1, 0.15) is 50.4 Å². The summed E-state index contributed by atoms with van der Waals surface area (Å²) in [5.41, 5.74) is 6.01. The first-order valence-corrected chi connectivity index (χ1v) is 8.54. The highest BCUT2D eigenvalue weighted by Crippen LogP contribution is 2.33. The zero-order valence-electron chi connectivity index (χ0n) is 11.2. The highest BCUT2D eigenvalue weighted by atomic mass is 79.9. The van der Waals surface area contributed by atoms with Crippen molar-refractivity contribution in [3.8, 4) is 0 Å². The summed E-state index contributed by atoms with van der Waals surface area (Å²) >= 11 is 5.40. The molecule has 4 heteroatoms. The van der Waals surface area contributed by atoms with Crippen molar-refractivity contribution in [2.24, 2.45) is 5.73 Å². The van der Waals surface area contributed by atoms with E-state index in [9.17, 15) is 0 Å². The van der Waals surface area contributed by atoms with Gasteiger partial charge in [-0.1, -0.05) is 6.92 Å². The van der Waals surface area contributed by atoms with Gasteiger partial charge in [0.25, 0.3) is 0 Å². The molecular weight excluding hydrogens is 308 g/mol. The standard InChI is InChI=1S/C14H23BrN2S/c1-3-17(13-6-4-12(16)5-7-13)10(2)14-8-11(15)9-18-14/h8-10,12-13H,3-7,16H2,1-2H3. The summed E-state index contributed by atoms with van der Waals surface area (Å²) in [4.78, 5) is 4.10. The molecule has 0 saturated heterocycles. The molecule has 0 aliphatic heterocycles. The molecule has 1 aliphatic rings. The second-order valence-electron chi connectivity index (χ2n) is 5.24. The predicted octanol–water partition coefficient (Wildman–Crippen LogP) is 4.16. The van der Waals surface area contributed by atoms with Gasteiger partial charge in [0.05, 0.1) is 0 Å².